The van der Waals surface area contributed by atoms with Crippen molar-refractivity contribution in [3.05, 3.63) is 29.3 Å². The Morgan fingerprint density at radius 2 is 2.33 bits per heavy atom. The molecule has 2 rings (SSSR count). The van der Waals surface area contributed by atoms with Crippen LogP contribution >= 0.6 is 0 Å². The fourth-order valence-corrected chi connectivity index (χ4v) is 2.44. The van der Waals surface area contributed by atoms with Crippen molar-refractivity contribution < 1.29 is 23.4 Å². The molecule has 2 N–H and O–H groups in total. The maximum absolute atomic E-state index is 12.4. The number of benzene rings is 1. The first-order valence-corrected chi connectivity index (χ1v) is 6.66. The third-order valence-electron chi connectivity index (χ3n) is 3.49. The average molecular weight is 300 g/mol. The second-order valence-corrected chi connectivity index (χ2v) is 4.93. The Labute approximate surface area is 121 Å². The number of phenolic OH excluding ortho intramolecular Hbond substituents is 1. The van der Waals surface area contributed by atoms with E-state index in [1.54, 1.807) is 11.0 Å². The summed E-state index contributed by atoms with van der Waals surface area (Å²) in [5, 5.41) is 13.1. The standard InChI is InChI=1S/C14H18F2N2O3/c1-21-14(20)10-3-2-9(6-12(10)19)11-7-18(5-4-17-11)8-13(15)16/h2-3,6,11,13,17,19H,4-5,7-8H2,1H3. The van der Waals surface area contributed by atoms with Gasteiger partial charge in [-0.1, -0.05) is 6.07 Å². The summed E-state index contributed by atoms with van der Waals surface area (Å²) in [4.78, 5) is 13.1. The molecule has 0 bridgehead atoms. The molecule has 0 amide bonds. The number of carbonyl (C=O) groups is 1. The number of nitrogens with one attached hydrogen (secondary N) is 1. The quantitative estimate of drug-likeness (QED) is 0.823. The number of hydrogen-bond acceptors (Lipinski definition) is 5. The molecule has 0 saturated carbocycles. The van der Waals surface area contributed by atoms with Crippen LogP contribution in [0.25, 0.3) is 0 Å². The van der Waals surface area contributed by atoms with Crippen molar-refractivity contribution in [2.45, 2.75) is 12.5 Å². The molecular formula is C14H18F2N2O3. The van der Waals surface area contributed by atoms with Crippen molar-refractivity contribution in [1.82, 2.24) is 10.2 Å². The Balaban J connectivity index is 2.11. The molecule has 7 heteroatoms. The summed E-state index contributed by atoms with van der Waals surface area (Å²) in [6.45, 7) is 1.33. The fourth-order valence-electron chi connectivity index (χ4n) is 2.44. The van der Waals surface area contributed by atoms with Gasteiger partial charge in [-0.25, -0.2) is 13.6 Å². The minimum atomic E-state index is -2.36. The summed E-state index contributed by atoms with van der Waals surface area (Å²) in [6, 6.07) is 4.48. The Hall–Kier alpha value is -1.73. The van der Waals surface area contributed by atoms with Crippen molar-refractivity contribution in [3.63, 3.8) is 0 Å². The van der Waals surface area contributed by atoms with E-state index in [2.05, 4.69) is 10.1 Å². The van der Waals surface area contributed by atoms with Crippen molar-refractivity contribution >= 4 is 5.97 Å². The van der Waals surface area contributed by atoms with Crippen LogP contribution in [0.15, 0.2) is 18.2 Å². The third kappa shape index (κ3) is 3.89. The van der Waals surface area contributed by atoms with Gasteiger partial charge >= 0.3 is 5.97 Å². The van der Waals surface area contributed by atoms with E-state index in [9.17, 15) is 18.7 Å². The molecule has 1 unspecified atom stereocenters. The van der Waals surface area contributed by atoms with E-state index in [0.29, 0.717) is 19.6 Å². The second-order valence-electron chi connectivity index (χ2n) is 4.93. The minimum absolute atomic E-state index is 0.0847. The monoisotopic (exact) mass is 300 g/mol. The Morgan fingerprint density at radius 3 is 2.95 bits per heavy atom. The molecule has 0 radical (unpaired) electrons. The summed E-state index contributed by atoms with van der Waals surface area (Å²) < 4.78 is 29.4. The van der Waals surface area contributed by atoms with Crippen LogP contribution in [0.5, 0.6) is 5.75 Å². The Kier molecular flexibility index (Phi) is 5.08. The molecule has 1 fully saturated rings. The molecule has 0 spiro atoms. The Morgan fingerprint density at radius 1 is 1.57 bits per heavy atom. The number of ether oxygens (including phenoxy) is 1. The van der Waals surface area contributed by atoms with Crippen LogP contribution in [0.3, 0.4) is 0 Å². The van der Waals surface area contributed by atoms with E-state index < -0.39 is 12.4 Å². The van der Waals surface area contributed by atoms with Gasteiger partial charge < -0.3 is 15.2 Å². The van der Waals surface area contributed by atoms with Crippen molar-refractivity contribution in [2.75, 3.05) is 33.3 Å². The first-order valence-electron chi connectivity index (χ1n) is 6.66. The maximum Gasteiger partial charge on any atom is 0.341 e. The zero-order valence-electron chi connectivity index (χ0n) is 11.7. The number of piperazine rings is 1. The minimum Gasteiger partial charge on any atom is -0.507 e. The molecule has 1 aliphatic rings. The zero-order chi connectivity index (χ0) is 15.4. The largest absolute Gasteiger partial charge is 0.507 e. The van der Waals surface area contributed by atoms with E-state index in [1.165, 1.54) is 19.2 Å². The number of hydrogen-bond donors (Lipinski definition) is 2. The number of aromatic hydroxyl groups is 1. The van der Waals surface area contributed by atoms with Crippen molar-refractivity contribution in [3.8, 4) is 5.75 Å². The summed E-state index contributed by atoms with van der Waals surface area (Å²) in [7, 11) is 1.24. The fraction of sp³-hybridized carbons (Fsp3) is 0.500. The van der Waals surface area contributed by atoms with Crippen molar-refractivity contribution in [1.29, 1.82) is 0 Å². The van der Waals surface area contributed by atoms with E-state index in [1.807, 2.05) is 0 Å². The van der Waals surface area contributed by atoms with Crippen LogP contribution in [0.1, 0.15) is 22.0 Å². The lowest BCUT2D eigenvalue weighted by Gasteiger charge is -2.33. The third-order valence-corrected chi connectivity index (χ3v) is 3.49. The van der Waals surface area contributed by atoms with Gasteiger partial charge in [-0.05, 0) is 17.7 Å². The van der Waals surface area contributed by atoms with Gasteiger partial charge in [0.2, 0.25) is 0 Å². The summed E-state index contributed by atoms with van der Waals surface area (Å²) in [5.74, 6) is -0.790. The summed E-state index contributed by atoms with van der Waals surface area (Å²) in [6.07, 6.45) is -2.36. The molecule has 1 aromatic carbocycles. The van der Waals surface area contributed by atoms with Gasteiger partial charge in [0.25, 0.3) is 6.43 Å². The van der Waals surface area contributed by atoms with Crippen LogP contribution in [0.4, 0.5) is 8.78 Å². The molecule has 0 aromatic heterocycles. The van der Waals surface area contributed by atoms with Gasteiger partial charge in [-0.15, -0.1) is 0 Å². The van der Waals surface area contributed by atoms with Crippen LogP contribution in [0, 0.1) is 0 Å². The Bertz CT molecular complexity index is 511. The van der Waals surface area contributed by atoms with Gasteiger partial charge in [0.15, 0.2) is 0 Å². The molecule has 5 nitrogen and oxygen atoms in total. The first-order chi connectivity index (χ1) is 10.0. The highest BCUT2D eigenvalue weighted by Gasteiger charge is 2.24. The smallest absolute Gasteiger partial charge is 0.341 e. The molecular weight excluding hydrogens is 282 g/mol. The normalized spacial score (nSPS) is 19.7. The lowest BCUT2D eigenvalue weighted by atomic mass is 10.0. The van der Waals surface area contributed by atoms with Crippen LogP contribution in [-0.4, -0.2) is 55.7 Å². The van der Waals surface area contributed by atoms with Gasteiger partial charge in [-0.3, -0.25) is 4.90 Å². The predicted octanol–water partition coefficient (Wildman–Crippen LogP) is 1.39. The molecule has 116 valence electrons. The summed E-state index contributed by atoms with van der Waals surface area (Å²) >= 11 is 0. The van der Waals surface area contributed by atoms with Gasteiger partial charge in [0.05, 0.1) is 13.7 Å². The van der Waals surface area contributed by atoms with E-state index in [0.717, 1.165) is 5.56 Å². The molecule has 1 aliphatic heterocycles. The highest BCUT2D eigenvalue weighted by molar-refractivity contribution is 5.92. The molecule has 1 aromatic rings. The highest BCUT2D eigenvalue weighted by Crippen LogP contribution is 2.25. The molecule has 1 heterocycles. The number of esters is 1. The molecule has 1 atom stereocenters. The van der Waals surface area contributed by atoms with Crippen molar-refractivity contribution in [2.24, 2.45) is 0 Å². The molecule has 1 saturated heterocycles. The average Bonchev–Trinajstić information content (AvgIpc) is 2.46. The number of rotatable bonds is 4. The van der Waals surface area contributed by atoms with Gasteiger partial charge in [-0.2, -0.15) is 0 Å². The van der Waals surface area contributed by atoms with E-state index in [4.69, 9.17) is 0 Å². The lowest BCUT2D eigenvalue weighted by molar-refractivity contribution is 0.0596. The van der Waals surface area contributed by atoms with Crippen LogP contribution in [-0.2, 0) is 4.74 Å². The molecule has 21 heavy (non-hydrogen) atoms. The number of carbonyl (C=O) groups excluding carboxylic acids is 1. The zero-order valence-corrected chi connectivity index (χ0v) is 11.7. The first kappa shape index (κ1) is 15.7. The maximum atomic E-state index is 12.4. The van der Waals surface area contributed by atoms with E-state index >= 15 is 0 Å². The number of methoxy groups -OCH3 is 1. The predicted molar refractivity (Wildman–Crippen MR) is 72.6 cm³/mol. The topological polar surface area (TPSA) is 61.8 Å². The van der Waals surface area contributed by atoms with Gasteiger partial charge in [0.1, 0.15) is 11.3 Å². The number of halogens is 2. The van der Waals surface area contributed by atoms with E-state index in [-0.39, 0.29) is 23.9 Å². The van der Waals surface area contributed by atoms with Gasteiger partial charge in [0, 0.05) is 25.7 Å². The lowest BCUT2D eigenvalue weighted by Crippen LogP contribution is -2.47. The second kappa shape index (κ2) is 6.82. The summed E-state index contributed by atoms with van der Waals surface area (Å²) in [5.41, 5.74) is 0.834. The van der Waals surface area contributed by atoms with Crippen LogP contribution < -0.4 is 5.32 Å². The molecule has 0 aliphatic carbocycles. The number of phenols is 1. The van der Waals surface area contributed by atoms with Crippen LogP contribution in [0.2, 0.25) is 0 Å². The highest BCUT2D eigenvalue weighted by atomic mass is 19.3. The number of nitrogens with zero attached hydrogens (tertiary/aromatic N) is 1. The SMILES string of the molecule is COC(=O)c1ccc(C2CN(CC(F)F)CCN2)cc1O. The number of alkyl halides is 2.